The molecule has 3 rings (SSSR count). The highest BCUT2D eigenvalue weighted by atomic mass is 16.5. The van der Waals surface area contributed by atoms with Crippen LogP contribution in [0.3, 0.4) is 0 Å². The average molecular weight is 380 g/mol. The fourth-order valence-electron chi connectivity index (χ4n) is 2.88. The lowest BCUT2D eigenvalue weighted by Gasteiger charge is -2.15. The van der Waals surface area contributed by atoms with Crippen molar-refractivity contribution in [2.75, 3.05) is 19.8 Å². The third-order valence-corrected chi connectivity index (χ3v) is 4.22. The van der Waals surface area contributed by atoms with E-state index in [1.807, 2.05) is 6.07 Å². The second kappa shape index (κ2) is 8.55. The molecule has 2 amide bonds. The molecule has 0 aliphatic carbocycles. The lowest BCUT2D eigenvalue weighted by Crippen LogP contribution is -2.31. The number of imide groups is 1. The molecule has 1 heterocycles. The summed E-state index contributed by atoms with van der Waals surface area (Å²) in [5, 5.41) is 18.5. The summed E-state index contributed by atoms with van der Waals surface area (Å²) in [6.45, 7) is 2.22. The second-order valence-corrected chi connectivity index (χ2v) is 6.44. The number of aliphatic hydroxyl groups is 1. The summed E-state index contributed by atoms with van der Waals surface area (Å²) in [5.41, 5.74) is 1.16. The van der Waals surface area contributed by atoms with E-state index in [0.717, 1.165) is 0 Å². The number of hydrogen-bond donors (Lipinski definition) is 1. The minimum Gasteiger partial charge on any atom is -0.492 e. The van der Waals surface area contributed by atoms with Crippen LogP contribution in [0.1, 0.15) is 39.6 Å². The van der Waals surface area contributed by atoms with Crippen LogP contribution in [0.4, 0.5) is 0 Å². The second-order valence-electron chi connectivity index (χ2n) is 6.44. The van der Waals surface area contributed by atoms with Crippen molar-refractivity contribution in [1.82, 2.24) is 4.90 Å². The van der Waals surface area contributed by atoms with Crippen LogP contribution in [0.5, 0.6) is 11.5 Å². The van der Waals surface area contributed by atoms with Gasteiger partial charge in [0.15, 0.2) is 0 Å². The number of ether oxygens (including phenoxy) is 2. The Morgan fingerprint density at radius 3 is 2.39 bits per heavy atom. The van der Waals surface area contributed by atoms with Gasteiger partial charge in [0, 0.05) is 12.6 Å². The molecule has 1 aliphatic rings. The van der Waals surface area contributed by atoms with Gasteiger partial charge in [0.25, 0.3) is 11.8 Å². The largest absolute Gasteiger partial charge is 0.492 e. The molecule has 0 unspecified atom stereocenters. The van der Waals surface area contributed by atoms with Crippen LogP contribution in [0.15, 0.2) is 42.5 Å². The van der Waals surface area contributed by atoms with Crippen molar-refractivity contribution in [3.63, 3.8) is 0 Å². The first-order chi connectivity index (χ1) is 13.5. The van der Waals surface area contributed by atoms with E-state index >= 15 is 0 Å². The highest BCUT2D eigenvalue weighted by Gasteiger charge is 2.34. The number of nitrogens with zero attached hydrogens (tertiary/aromatic N) is 2. The zero-order valence-electron chi connectivity index (χ0n) is 15.4. The van der Waals surface area contributed by atoms with Gasteiger partial charge in [-0.15, -0.1) is 0 Å². The van der Waals surface area contributed by atoms with E-state index in [9.17, 15) is 20.0 Å². The number of carbonyl (C=O) groups is 2. The maximum atomic E-state index is 12.3. The molecule has 1 N–H and O–H groups in total. The zero-order chi connectivity index (χ0) is 20.1. The lowest BCUT2D eigenvalue weighted by atomic mass is 10.1. The van der Waals surface area contributed by atoms with Crippen LogP contribution in [-0.4, -0.2) is 47.7 Å². The van der Waals surface area contributed by atoms with Crippen molar-refractivity contribution in [3.05, 3.63) is 59.2 Å². The number of aliphatic hydroxyl groups excluding tert-OH is 1. The molecule has 28 heavy (non-hydrogen) atoms. The van der Waals surface area contributed by atoms with Gasteiger partial charge in [-0.1, -0.05) is 12.1 Å². The minimum absolute atomic E-state index is 0.130. The normalized spacial score (nSPS) is 13.8. The Balaban J connectivity index is 1.54. The van der Waals surface area contributed by atoms with Crippen molar-refractivity contribution in [2.45, 2.75) is 19.4 Å². The van der Waals surface area contributed by atoms with Crippen LogP contribution in [0.2, 0.25) is 0 Å². The van der Waals surface area contributed by atoms with Gasteiger partial charge in [-0.3, -0.25) is 14.5 Å². The molecule has 7 heteroatoms. The smallest absolute Gasteiger partial charge is 0.261 e. The first-order valence-electron chi connectivity index (χ1n) is 8.94. The molecular weight excluding hydrogens is 360 g/mol. The summed E-state index contributed by atoms with van der Waals surface area (Å²) in [6, 6.07) is 13.6. The van der Waals surface area contributed by atoms with Crippen LogP contribution in [0.25, 0.3) is 0 Å². The molecule has 0 fully saturated rings. The highest BCUT2D eigenvalue weighted by Crippen LogP contribution is 2.25. The maximum Gasteiger partial charge on any atom is 0.261 e. The summed E-state index contributed by atoms with van der Waals surface area (Å²) >= 11 is 0. The van der Waals surface area contributed by atoms with Gasteiger partial charge in [0.1, 0.15) is 24.2 Å². The zero-order valence-corrected chi connectivity index (χ0v) is 15.4. The fourth-order valence-corrected chi connectivity index (χ4v) is 2.88. The molecule has 0 bridgehead atoms. The Morgan fingerprint density at radius 1 is 1.11 bits per heavy atom. The van der Waals surface area contributed by atoms with Gasteiger partial charge in [-0.25, -0.2) is 0 Å². The Kier molecular flexibility index (Phi) is 5.92. The number of rotatable bonds is 8. The molecule has 0 radical (unpaired) electrons. The number of fused-ring (bicyclic) bond motifs is 1. The number of nitriles is 1. The SMILES string of the molecule is C[C@H](O)COc1ccc(OCCCN2C(=O)c3ccccc3C2=O)c(C#N)c1. The average Bonchev–Trinajstić information content (AvgIpc) is 2.94. The number of hydrogen-bond acceptors (Lipinski definition) is 6. The molecule has 2 aromatic carbocycles. The van der Waals surface area contributed by atoms with Crippen LogP contribution >= 0.6 is 0 Å². The van der Waals surface area contributed by atoms with Gasteiger partial charge in [-0.05, 0) is 37.6 Å². The van der Waals surface area contributed by atoms with E-state index in [1.54, 1.807) is 49.4 Å². The van der Waals surface area contributed by atoms with Crippen molar-refractivity contribution in [1.29, 1.82) is 5.26 Å². The Labute approximate surface area is 162 Å². The Bertz CT molecular complexity index is 898. The minimum atomic E-state index is -0.608. The molecule has 1 aliphatic heterocycles. The summed E-state index contributed by atoms with van der Waals surface area (Å²) in [6.07, 6.45) is -0.167. The predicted molar refractivity (Wildman–Crippen MR) is 100 cm³/mol. The topological polar surface area (TPSA) is 99.9 Å². The molecule has 2 aromatic rings. The standard InChI is InChI=1S/C21H20N2O5/c1-14(24)13-28-16-7-8-19(15(11-16)12-22)27-10-4-9-23-20(25)17-5-2-3-6-18(17)21(23)26/h2-3,5-8,11,14,24H,4,9-10,13H2,1H3/t14-/m0/s1. The molecule has 0 spiro atoms. The molecule has 0 saturated carbocycles. The number of amides is 2. The van der Waals surface area contributed by atoms with E-state index < -0.39 is 6.10 Å². The third kappa shape index (κ3) is 4.13. The fraction of sp³-hybridized carbons (Fsp3) is 0.286. The molecule has 144 valence electrons. The third-order valence-electron chi connectivity index (χ3n) is 4.22. The van der Waals surface area contributed by atoms with Gasteiger partial charge in [0.05, 0.1) is 29.4 Å². The summed E-state index contributed by atoms with van der Waals surface area (Å²) in [4.78, 5) is 25.8. The lowest BCUT2D eigenvalue weighted by molar-refractivity contribution is 0.0646. The maximum absolute atomic E-state index is 12.3. The van der Waals surface area contributed by atoms with Crippen molar-refractivity contribution in [3.8, 4) is 17.6 Å². The molecule has 1 atom stereocenters. The van der Waals surface area contributed by atoms with Crippen LogP contribution in [-0.2, 0) is 0 Å². The van der Waals surface area contributed by atoms with E-state index in [0.29, 0.717) is 34.6 Å². The molecule has 0 aromatic heterocycles. The van der Waals surface area contributed by atoms with Gasteiger partial charge in [-0.2, -0.15) is 5.26 Å². The quantitative estimate of drug-likeness (QED) is 0.558. The highest BCUT2D eigenvalue weighted by molar-refractivity contribution is 6.21. The predicted octanol–water partition coefficient (Wildman–Crippen LogP) is 2.38. The summed E-state index contributed by atoms with van der Waals surface area (Å²) < 4.78 is 11.0. The van der Waals surface area contributed by atoms with E-state index in [4.69, 9.17) is 9.47 Å². The van der Waals surface area contributed by atoms with Crippen LogP contribution in [0, 0.1) is 11.3 Å². The van der Waals surface area contributed by atoms with Crippen molar-refractivity contribution >= 4 is 11.8 Å². The Morgan fingerprint density at radius 2 is 1.79 bits per heavy atom. The Hall–Kier alpha value is -3.37. The van der Waals surface area contributed by atoms with E-state index in [1.165, 1.54) is 4.90 Å². The summed E-state index contributed by atoms with van der Waals surface area (Å²) in [5.74, 6) is 0.279. The molecule has 7 nitrogen and oxygen atoms in total. The molecule has 0 saturated heterocycles. The first-order valence-corrected chi connectivity index (χ1v) is 8.94. The van der Waals surface area contributed by atoms with Gasteiger partial charge < -0.3 is 14.6 Å². The molecular formula is C21H20N2O5. The van der Waals surface area contributed by atoms with Crippen LogP contribution < -0.4 is 9.47 Å². The van der Waals surface area contributed by atoms with Crippen molar-refractivity contribution in [2.24, 2.45) is 0 Å². The van der Waals surface area contributed by atoms with Gasteiger partial charge >= 0.3 is 0 Å². The van der Waals surface area contributed by atoms with E-state index in [2.05, 4.69) is 0 Å². The van der Waals surface area contributed by atoms with E-state index in [-0.39, 0.29) is 31.6 Å². The number of carbonyl (C=O) groups excluding carboxylic acids is 2. The van der Waals surface area contributed by atoms with Gasteiger partial charge in [0.2, 0.25) is 0 Å². The van der Waals surface area contributed by atoms with Crippen molar-refractivity contribution < 1.29 is 24.2 Å². The first kappa shape index (κ1) is 19.4. The monoisotopic (exact) mass is 380 g/mol. The number of benzene rings is 2. The summed E-state index contributed by atoms with van der Waals surface area (Å²) in [7, 11) is 0.